The van der Waals surface area contributed by atoms with Crippen molar-refractivity contribution in [3.05, 3.63) is 48.6 Å². The minimum absolute atomic E-state index is 0.0101. The van der Waals surface area contributed by atoms with Crippen LogP contribution in [0.2, 0.25) is 0 Å². The van der Waals surface area contributed by atoms with E-state index >= 15 is 0 Å². The second-order valence-electron chi connectivity index (χ2n) is 18.1. The van der Waals surface area contributed by atoms with E-state index in [1.165, 1.54) is 89.9 Å². The number of rotatable bonds is 44. The molecule has 12 heteroatoms. The van der Waals surface area contributed by atoms with Crippen LogP contribution in [-0.2, 0) is 42.9 Å². The van der Waals surface area contributed by atoms with Gasteiger partial charge in [0, 0.05) is 19.3 Å². The van der Waals surface area contributed by atoms with Crippen LogP contribution < -0.4 is 0 Å². The molecule has 6 unspecified atom stereocenters. The molecule has 1 rings (SSSR count). The first-order valence-corrected chi connectivity index (χ1v) is 26.6. The Kier molecular flexibility index (Phi) is 40.4. The van der Waals surface area contributed by atoms with Gasteiger partial charge in [-0.15, -0.1) is 0 Å². The van der Waals surface area contributed by atoms with Gasteiger partial charge in [0.05, 0.1) is 6.61 Å². The van der Waals surface area contributed by atoms with Crippen LogP contribution in [0.1, 0.15) is 226 Å². The minimum Gasteiger partial charge on any atom is -0.479 e. The van der Waals surface area contributed by atoms with E-state index in [0.717, 1.165) is 70.6 Å². The number of ether oxygens (including phenoxy) is 5. The maximum absolute atomic E-state index is 13.0. The van der Waals surface area contributed by atoms with Crippen LogP contribution >= 0.6 is 0 Å². The first-order valence-electron chi connectivity index (χ1n) is 26.6. The average molecular weight is 947 g/mol. The van der Waals surface area contributed by atoms with E-state index in [1.807, 2.05) is 0 Å². The van der Waals surface area contributed by atoms with Crippen LogP contribution in [-0.4, -0.2) is 89.2 Å². The van der Waals surface area contributed by atoms with Crippen LogP contribution in [0.4, 0.5) is 0 Å². The second kappa shape index (κ2) is 43.9. The predicted octanol–water partition coefficient (Wildman–Crippen LogP) is 12.7. The molecule has 0 aromatic rings. The molecular formula is C55H94O12. The van der Waals surface area contributed by atoms with E-state index in [1.54, 1.807) is 0 Å². The molecule has 67 heavy (non-hydrogen) atoms. The summed E-state index contributed by atoms with van der Waals surface area (Å²) < 4.78 is 28.2. The highest BCUT2D eigenvalue weighted by atomic mass is 16.7. The highest BCUT2D eigenvalue weighted by Crippen LogP contribution is 2.26. The van der Waals surface area contributed by atoms with E-state index in [0.29, 0.717) is 25.7 Å². The van der Waals surface area contributed by atoms with Gasteiger partial charge in [-0.1, -0.05) is 198 Å². The lowest BCUT2D eigenvalue weighted by Gasteiger charge is -2.40. The van der Waals surface area contributed by atoms with E-state index in [2.05, 4.69) is 69.4 Å². The summed E-state index contributed by atoms with van der Waals surface area (Å²) in [5.74, 6) is -3.17. The van der Waals surface area contributed by atoms with Gasteiger partial charge in [0.1, 0.15) is 18.8 Å². The largest absolute Gasteiger partial charge is 0.479 e. The maximum Gasteiger partial charge on any atom is 0.335 e. The normalized spacial score (nSPS) is 19.2. The number of unbranched alkanes of at least 4 members (excludes halogenated alkanes) is 22. The average Bonchev–Trinajstić information content (AvgIpc) is 3.31. The van der Waals surface area contributed by atoms with Crippen molar-refractivity contribution in [1.82, 2.24) is 0 Å². The molecule has 0 bridgehead atoms. The van der Waals surface area contributed by atoms with Gasteiger partial charge in [-0.2, -0.15) is 0 Å². The Labute approximate surface area is 405 Å². The molecule has 6 atom stereocenters. The van der Waals surface area contributed by atoms with Crippen molar-refractivity contribution < 1.29 is 58.2 Å². The van der Waals surface area contributed by atoms with Crippen LogP contribution in [0, 0.1) is 0 Å². The summed E-state index contributed by atoms with van der Waals surface area (Å²) in [7, 11) is 0. The number of aliphatic hydroxyl groups excluding tert-OH is 2. The number of carbonyl (C=O) groups excluding carboxylic acids is 3. The van der Waals surface area contributed by atoms with Gasteiger partial charge in [-0.25, -0.2) is 4.79 Å². The van der Waals surface area contributed by atoms with Crippen molar-refractivity contribution in [2.24, 2.45) is 0 Å². The van der Waals surface area contributed by atoms with Crippen molar-refractivity contribution in [2.45, 2.75) is 263 Å². The second-order valence-corrected chi connectivity index (χ2v) is 18.1. The van der Waals surface area contributed by atoms with Crippen LogP contribution in [0.15, 0.2) is 48.6 Å². The fourth-order valence-corrected chi connectivity index (χ4v) is 7.83. The van der Waals surface area contributed by atoms with E-state index in [4.69, 9.17) is 23.7 Å². The van der Waals surface area contributed by atoms with E-state index in [9.17, 15) is 34.5 Å². The monoisotopic (exact) mass is 947 g/mol. The lowest BCUT2D eigenvalue weighted by atomic mass is 9.98. The number of aliphatic hydroxyl groups is 2. The van der Waals surface area contributed by atoms with Gasteiger partial charge in [-0.05, 0) is 57.8 Å². The standard InChI is InChI=1S/C55H94O12/c1-4-7-10-13-16-19-21-23-24-26-28-31-34-37-40-43-49(58)66-53-51(60)50(59)52(54(61)62)67-55(53)64-45-46(65-48(57)42-39-36-33-29-18-15-12-9-6-3)44-63-47(56)41-38-35-32-30-27-25-22-20-17-14-11-8-5-2/h7,10,16,19,23-24,28,31,46,50-53,55,59-60H,4-6,8-9,11-15,17-18,20-22,25-27,29-30,32-45H2,1-3H3,(H,61,62)/b10-7-,19-16-,24-23-,31-28-. The number of carbonyl (C=O) groups is 4. The SMILES string of the molecule is CC/C=C\C/C=C\C/C=C\C/C=C\CCCCC(=O)OC1C(OCC(COC(=O)CCCCCCCCCCCCCCC)OC(=O)CCCCCCCCCCC)OC(C(=O)O)C(O)C1O. The lowest BCUT2D eigenvalue weighted by molar-refractivity contribution is -0.301. The molecule has 0 spiro atoms. The summed E-state index contributed by atoms with van der Waals surface area (Å²) in [6.07, 6.45) is 38.2. The molecule has 0 amide bonds. The van der Waals surface area contributed by atoms with Crippen molar-refractivity contribution in [1.29, 1.82) is 0 Å². The van der Waals surface area contributed by atoms with E-state index in [-0.39, 0.29) is 25.9 Å². The molecule has 0 radical (unpaired) electrons. The summed E-state index contributed by atoms with van der Waals surface area (Å²) in [5, 5.41) is 31.3. The molecule has 386 valence electrons. The van der Waals surface area contributed by atoms with Gasteiger partial charge >= 0.3 is 23.9 Å². The summed E-state index contributed by atoms with van der Waals surface area (Å²) in [6, 6.07) is 0. The third-order valence-corrected chi connectivity index (χ3v) is 11.9. The summed E-state index contributed by atoms with van der Waals surface area (Å²) >= 11 is 0. The minimum atomic E-state index is -1.91. The first-order chi connectivity index (χ1) is 32.6. The third kappa shape index (κ3) is 34.6. The Hall–Kier alpha value is -3.32. The molecule has 1 aliphatic rings. The highest BCUT2D eigenvalue weighted by Gasteiger charge is 2.50. The zero-order valence-corrected chi connectivity index (χ0v) is 42.1. The van der Waals surface area contributed by atoms with Gasteiger partial charge in [0.15, 0.2) is 24.6 Å². The van der Waals surface area contributed by atoms with Crippen molar-refractivity contribution in [2.75, 3.05) is 13.2 Å². The maximum atomic E-state index is 13.0. The molecular weight excluding hydrogens is 853 g/mol. The quantitative estimate of drug-likeness (QED) is 0.0228. The molecule has 0 aromatic carbocycles. The Morgan fingerprint density at radius 3 is 1.43 bits per heavy atom. The first kappa shape index (κ1) is 61.7. The Balaban J connectivity index is 2.73. The van der Waals surface area contributed by atoms with Gasteiger partial charge in [0.2, 0.25) is 0 Å². The highest BCUT2D eigenvalue weighted by molar-refractivity contribution is 5.74. The molecule has 1 fully saturated rings. The number of hydrogen-bond acceptors (Lipinski definition) is 11. The molecule has 0 saturated carbocycles. The molecule has 3 N–H and O–H groups in total. The Morgan fingerprint density at radius 2 is 0.940 bits per heavy atom. The molecule has 1 saturated heterocycles. The van der Waals surface area contributed by atoms with Gasteiger partial charge in [0.25, 0.3) is 0 Å². The lowest BCUT2D eigenvalue weighted by Crippen LogP contribution is -2.61. The van der Waals surface area contributed by atoms with Gasteiger partial charge in [-0.3, -0.25) is 14.4 Å². The van der Waals surface area contributed by atoms with Crippen molar-refractivity contribution in [3.63, 3.8) is 0 Å². The molecule has 0 aromatic heterocycles. The Bertz CT molecular complexity index is 1360. The number of carboxylic acid groups (broad SMARTS) is 1. The molecule has 12 nitrogen and oxygen atoms in total. The number of esters is 3. The number of allylic oxidation sites excluding steroid dienone is 8. The number of carboxylic acids is 1. The van der Waals surface area contributed by atoms with Crippen LogP contribution in [0.5, 0.6) is 0 Å². The number of aliphatic carboxylic acids is 1. The molecule has 1 heterocycles. The summed E-state index contributed by atoms with van der Waals surface area (Å²) in [5.41, 5.74) is 0. The molecule has 0 aliphatic carbocycles. The van der Waals surface area contributed by atoms with Crippen molar-refractivity contribution in [3.8, 4) is 0 Å². The van der Waals surface area contributed by atoms with Gasteiger partial charge < -0.3 is 39.0 Å². The predicted molar refractivity (Wildman–Crippen MR) is 266 cm³/mol. The Morgan fingerprint density at radius 1 is 0.507 bits per heavy atom. The summed E-state index contributed by atoms with van der Waals surface area (Å²) in [4.78, 5) is 50.8. The summed E-state index contributed by atoms with van der Waals surface area (Å²) in [6.45, 7) is 5.82. The van der Waals surface area contributed by atoms with Crippen LogP contribution in [0.25, 0.3) is 0 Å². The van der Waals surface area contributed by atoms with Crippen LogP contribution in [0.3, 0.4) is 0 Å². The third-order valence-electron chi connectivity index (χ3n) is 11.9. The zero-order valence-electron chi connectivity index (χ0n) is 42.1. The number of hydrogen-bond donors (Lipinski definition) is 3. The fraction of sp³-hybridized carbons (Fsp3) is 0.782. The smallest absolute Gasteiger partial charge is 0.335 e. The van der Waals surface area contributed by atoms with Crippen molar-refractivity contribution >= 4 is 23.9 Å². The topological polar surface area (TPSA) is 175 Å². The fourth-order valence-electron chi connectivity index (χ4n) is 7.83. The van der Waals surface area contributed by atoms with E-state index < -0.39 is 67.3 Å². The zero-order chi connectivity index (χ0) is 49.0. The molecule has 1 aliphatic heterocycles.